The van der Waals surface area contributed by atoms with Gasteiger partial charge in [0.25, 0.3) is 11.1 Å². The van der Waals surface area contributed by atoms with E-state index in [2.05, 4.69) is 10.2 Å². The van der Waals surface area contributed by atoms with Crippen LogP contribution in [0.15, 0.2) is 33.9 Å². The fraction of sp³-hybridized carbons (Fsp3) is 0.188. The maximum atomic E-state index is 11.9. The van der Waals surface area contributed by atoms with E-state index in [9.17, 15) is 4.79 Å². The standard InChI is InChI=1S/C16H11ClN4O2S2/c1-8(19)10(6-18)11(22)7-24-16-21-20-15(23-16)14-13(17)9-4-2-3-5-12(9)25-14/h2-5,10,19H,7H2,1H3. The van der Waals surface area contributed by atoms with Crippen molar-refractivity contribution in [3.05, 3.63) is 29.3 Å². The Labute approximate surface area is 156 Å². The Morgan fingerprint density at radius 3 is 2.92 bits per heavy atom. The van der Waals surface area contributed by atoms with Crippen molar-refractivity contribution >= 4 is 56.3 Å². The molecule has 1 unspecified atom stereocenters. The third kappa shape index (κ3) is 3.58. The molecule has 126 valence electrons. The number of nitrogens with one attached hydrogen (secondary N) is 1. The molecule has 3 rings (SSSR count). The van der Waals surface area contributed by atoms with Gasteiger partial charge in [-0.05, 0) is 13.0 Å². The van der Waals surface area contributed by atoms with Crippen molar-refractivity contribution in [2.45, 2.75) is 12.1 Å². The fourth-order valence-electron chi connectivity index (χ4n) is 2.14. The van der Waals surface area contributed by atoms with Crippen LogP contribution in [0.2, 0.25) is 5.02 Å². The van der Waals surface area contributed by atoms with E-state index in [1.807, 2.05) is 30.3 Å². The van der Waals surface area contributed by atoms with E-state index in [-0.39, 0.29) is 22.5 Å². The molecule has 0 aliphatic rings. The molecule has 0 spiro atoms. The molecule has 0 fully saturated rings. The van der Waals surface area contributed by atoms with Crippen LogP contribution in [0, 0.1) is 22.7 Å². The number of carbonyl (C=O) groups excluding carboxylic acids is 1. The molecule has 0 aliphatic carbocycles. The van der Waals surface area contributed by atoms with Gasteiger partial charge in [0.05, 0.1) is 16.8 Å². The first-order valence-electron chi connectivity index (χ1n) is 7.12. The minimum Gasteiger partial charge on any atom is -0.410 e. The predicted octanol–water partition coefficient (Wildman–Crippen LogP) is 4.45. The number of thiophene rings is 1. The van der Waals surface area contributed by atoms with E-state index in [4.69, 9.17) is 26.7 Å². The Morgan fingerprint density at radius 2 is 2.24 bits per heavy atom. The molecule has 0 saturated carbocycles. The van der Waals surface area contributed by atoms with E-state index in [0.29, 0.717) is 15.8 Å². The molecule has 1 aromatic carbocycles. The van der Waals surface area contributed by atoms with Crippen LogP contribution in [0.3, 0.4) is 0 Å². The Bertz CT molecular complexity index is 1010. The van der Waals surface area contributed by atoms with Gasteiger partial charge in [0, 0.05) is 15.8 Å². The van der Waals surface area contributed by atoms with Crippen LogP contribution in [-0.2, 0) is 4.79 Å². The molecule has 3 aromatic rings. The summed E-state index contributed by atoms with van der Waals surface area (Å²) in [5.41, 5.74) is 0.0244. The van der Waals surface area contributed by atoms with Crippen molar-refractivity contribution in [3.8, 4) is 16.8 Å². The highest BCUT2D eigenvalue weighted by molar-refractivity contribution is 7.99. The molecule has 25 heavy (non-hydrogen) atoms. The van der Waals surface area contributed by atoms with Crippen molar-refractivity contribution in [1.82, 2.24) is 10.2 Å². The Kier molecular flexibility index (Phi) is 5.18. The lowest BCUT2D eigenvalue weighted by Gasteiger charge is -2.03. The number of benzene rings is 1. The van der Waals surface area contributed by atoms with E-state index in [1.54, 1.807) is 0 Å². The fourth-order valence-corrected chi connectivity index (χ4v) is 4.24. The van der Waals surface area contributed by atoms with Gasteiger partial charge in [-0.3, -0.25) is 4.79 Å². The molecule has 0 aliphatic heterocycles. The average molecular weight is 391 g/mol. The molecule has 0 amide bonds. The zero-order chi connectivity index (χ0) is 18.0. The summed E-state index contributed by atoms with van der Waals surface area (Å²) >= 11 is 8.88. The van der Waals surface area contributed by atoms with E-state index < -0.39 is 5.92 Å². The third-order valence-electron chi connectivity index (χ3n) is 3.36. The van der Waals surface area contributed by atoms with Gasteiger partial charge in [0.1, 0.15) is 10.8 Å². The minimum atomic E-state index is -1.04. The Morgan fingerprint density at radius 1 is 1.48 bits per heavy atom. The van der Waals surface area contributed by atoms with Gasteiger partial charge in [-0.25, -0.2) is 0 Å². The molecule has 0 bridgehead atoms. The lowest BCUT2D eigenvalue weighted by atomic mass is 10.0. The summed E-state index contributed by atoms with van der Waals surface area (Å²) in [5.74, 6) is -1.12. The molecule has 1 N–H and O–H groups in total. The van der Waals surface area contributed by atoms with Gasteiger partial charge in [-0.15, -0.1) is 21.5 Å². The van der Waals surface area contributed by atoms with Gasteiger partial charge in [-0.1, -0.05) is 41.6 Å². The van der Waals surface area contributed by atoms with Crippen LogP contribution < -0.4 is 0 Å². The molecule has 9 heteroatoms. The number of Topliss-reactive ketones (excluding diaryl/α,β-unsaturated/α-hetero) is 1. The maximum absolute atomic E-state index is 11.9. The van der Waals surface area contributed by atoms with Crippen molar-refractivity contribution in [2.75, 3.05) is 5.75 Å². The minimum absolute atomic E-state index is 0.0176. The van der Waals surface area contributed by atoms with Crippen molar-refractivity contribution in [1.29, 1.82) is 10.7 Å². The molecule has 0 radical (unpaired) electrons. The highest BCUT2D eigenvalue weighted by Gasteiger charge is 2.22. The monoisotopic (exact) mass is 390 g/mol. The number of nitriles is 1. The molecular formula is C16H11ClN4O2S2. The second-order valence-corrected chi connectivity index (χ2v) is 7.47. The van der Waals surface area contributed by atoms with E-state index in [0.717, 1.165) is 21.8 Å². The van der Waals surface area contributed by atoms with Crippen LogP contribution in [-0.4, -0.2) is 27.4 Å². The number of halogens is 1. The van der Waals surface area contributed by atoms with Crippen molar-refractivity contribution < 1.29 is 9.21 Å². The Hall–Kier alpha value is -2.21. The van der Waals surface area contributed by atoms with Gasteiger partial charge >= 0.3 is 0 Å². The first-order chi connectivity index (χ1) is 12.0. The number of hydrogen-bond acceptors (Lipinski definition) is 8. The van der Waals surface area contributed by atoms with Crippen LogP contribution in [0.4, 0.5) is 0 Å². The summed E-state index contributed by atoms with van der Waals surface area (Å²) in [6.07, 6.45) is 0. The van der Waals surface area contributed by atoms with Crippen LogP contribution in [0.5, 0.6) is 0 Å². The number of aromatic nitrogens is 2. The van der Waals surface area contributed by atoms with E-state index >= 15 is 0 Å². The molecule has 2 heterocycles. The summed E-state index contributed by atoms with van der Waals surface area (Å²) in [4.78, 5) is 12.6. The summed E-state index contributed by atoms with van der Waals surface area (Å²) in [7, 11) is 0. The normalized spacial score (nSPS) is 12.0. The third-order valence-corrected chi connectivity index (χ3v) is 5.86. The van der Waals surface area contributed by atoms with Gasteiger partial charge in [0.2, 0.25) is 0 Å². The van der Waals surface area contributed by atoms with Gasteiger partial charge in [-0.2, -0.15) is 5.26 Å². The zero-order valence-electron chi connectivity index (χ0n) is 12.9. The maximum Gasteiger partial charge on any atom is 0.277 e. The highest BCUT2D eigenvalue weighted by atomic mass is 35.5. The predicted molar refractivity (Wildman–Crippen MR) is 98.4 cm³/mol. The number of thioether (sulfide) groups is 1. The highest BCUT2D eigenvalue weighted by Crippen LogP contribution is 2.41. The molecule has 0 saturated heterocycles. The summed E-state index contributed by atoms with van der Waals surface area (Å²) in [5, 5.41) is 26.0. The van der Waals surface area contributed by atoms with Gasteiger partial charge in [0.15, 0.2) is 5.78 Å². The summed E-state index contributed by atoms with van der Waals surface area (Å²) < 4.78 is 6.60. The molecular weight excluding hydrogens is 380 g/mol. The average Bonchev–Trinajstić information content (AvgIpc) is 3.18. The van der Waals surface area contributed by atoms with E-state index in [1.165, 1.54) is 18.3 Å². The van der Waals surface area contributed by atoms with Crippen LogP contribution in [0.1, 0.15) is 6.92 Å². The van der Waals surface area contributed by atoms with Crippen molar-refractivity contribution in [2.24, 2.45) is 5.92 Å². The number of hydrogen-bond donors (Lipinski definition) is 1. The number of fused-ring (bicyclic) bond motifs is 1. The second-order valence-electron chi connectivity index (χ2n) is 5.11. The molecule has 6 nitrogen and oxygen atoms in total. The number of rotatable bonds is 6. The lowest BCUT2D eigenvalue weighted by molar-refractivity contribution is -0.117. The van der Waals surface area contributed by atoms with Crippen LogP contribution >= 0.6 is 34.7 Å². The zero-order valence-corrected chi connectivity index (χ0v) is 15.3. The second kappa shape index (κ2) is 7.35. The summed E-state index contributed by atoms with van der Waals surface area (Å²) in [6, 6.07) is 9.53. The molecule has 2 aromatic heterocycles. The van der Waals surface area contributed by atoms with Crippen LogP contribution in [0.25, 0.3) is 20.9 Å². The largest absolute Gasteiger partial charge is 0.410 e. The SMILES string of the molecule is CC(=N)C(C#N)C(=O)CSc1nnc(-c2sc3ccccc3c2Cl)o1. The number of carbonyl (C=O) groups is 1. The smallest absolute Gasteiger partial charge is 0.277 e. The summed E-state index contributed by atoms with van der Waals surface area (Å²) in [6.45, 7) is 1.44. The first kappa shape index (κ1) is 17.6. The number of ketones is 1. The molecule has 1 atom stereocenters. The quantitative estimate of drug-likeness (QED) is 0.492. The topological polar surface area (TPSA) is 104 Å². The Balaban J connectivity index is 1.76. The number of nitrogens with zero attached hydrogens (tertiary/aromatic N) is 3. The van der Waals surface area contributed by atoms with Crippen molar-refractivity contribution in [3.63, 3.8) is 0 Å². The van der Waals surface area contributed by atoms with Gasteiger partial charge < -0.3 is 9.83 Å². The first-order valence-corrected chi connectivity index (χ1v) is 9.30. The lowest BCUT2D eigenvalue weighted by Crippen LogP contribution is -2.21.